The molecule has 1 aliphatic rings. The molecular formula is C15H25NS. The van der Waals surface area contributed by atoms with Crippen molar-refractivity contribution in [2.75, 3.05) is 18.8 Å². The van der Waals surface area contributed by atoms with Crippen molar-refractivity contribution in [3.63, 3.8) is 0 Å². The van der Waals surface area contributed by atoms with Gasteiger partial charge in [0.2, 0.25) is 0 Å². The second-order valence-corrected chi connectivity index (χ2v) is 6.46. The third kappa shape index (κ3) is 4.72. The van der Waals surface area contributed by atoms with Gasteiger partial charge in [0, 0.05) is 10.5 Å². The predicted octanol–water partition coefficient (Wildman–Crippen LogP) is 3.94. The maximum Gasteiger partial charge on any atom is 0.0192 e. The van der Waals surface area contributed by atoms with Crippen molar-refractivity contribution in [2.24, 2.45) is 0 Å². The SMILES string of the molecule is C=C/C(C)=C(\C=C/C)CSC1(C)CCNCC1. The van der Waals surface area contributed by atoms with Gasteiger partial charge in [-0.25, -0.2) is 0 Å². The van der Waals surface area contributed by atoms with Crippen LogP contribution in [0.4, 0.5) is 0 Å². The predicted molar refractivity (Wildman–Crippen MR) is 80.7 cm³/mol. The van der Waals surface area contributed by atoms with Crippen LogP contribution in [0.3, 0.4) is 0 Å². The largest absolute Gasteiger partial charge is 0.317 e. The lowest BCUT2D eigenvalue weighted by Gasteiger charge is -2.33. The molecule has 0 bridgehead atoms. The molecule has 0 unspecified atom stereocenters. The molecule has 1 heterocycles. The fourth-order valence-electron chi connectivity index (χ4n) is 1.98. The molecule has 1 aliphatic heterocycles. The second kappa shape index (κ2) is 7.07. The smallest absolute Gasteiger partial charge is 0.0192 e. The molecule has 17 heavy (non-hydrogen) atoms. The molecule has 0 spiro atoms. The summed E-state index contributed by atoms with van der Waals surface area (Å²) < 4.78 is 0.444. The molecule has 0 aliphatic carbocycles. The summed E-state index contributed by atoms with van der Waals surface area (Å²) in [7, 11) is 0. The fraction of sp³-hybridized carbons (Fsp3) is 0.600. The summed E-state index contributed by atoms with van der Waals surface area (Å²) in [6.07, 6.45) is 8.84. The Hall–Kier alpha value is -0.470. The Balaban J connectivity index is 2.60. The summed E-state index contributed by atoms with van der Waals surface area (Å²) in [6, 6.07) is 0. The first-order valence-electron chi connectivity index (χ1n) is 6.41. The van der Waals surface area contributed by atoms with Crippen LogP contribution in [0.5, 0.6) is 0 Å². The summed E-state index contributed by atoms with van der Waals surface area (Å²) >= 11 is 2.09. The Bertz CT molecular complexity index is 309. The molecule has 2 heteroatoms. The maximum atomic E-state index is 3.86. The van der Waals surface area contributed by atoms with E-state index in [2.05, 4.69) is 56.6 Å². The molecule has 0 aromatic carbocycles. The number of rotatable bonds is 5. The normalized spacial score (nSPS) is 21.4. The molecule has 0 radical (unpaired) electrons. The van der Waals surface area contributed by atoms with Gasteiger partial charge in [-0.2, -0.15) is 11.8 Å². The van der Waals surface area contributed by atoms with E-state index in [1.165, 1.54) is 24.0 Å². The van der Waals surface area contributed by atoms with E-state index in [1.54, 1.807) is 0 Å². The van der Waals surface area contributed by atoms with Crippen LogP contribution >= 0.6 is 11.8 Å². The molecule has 1 nitrogen and oxygen atoms in total. The summed E-state index contributed by atoms with van der Waals surface area (Å²) in [4.78, 5) is 0. The quantitative estimate of drug-likeness (QED) is 0.743. The topological polar surface area (TPSA) is 12.0 Å². The van der Waals surface area contributed by atoms with Gasteiger partial charge in [-0.1, -0.05) is 31.7 Å². The van der Waals surface area contributed by atoms with Crippen molar-refractivity contribution in [3.05, 3.63) is 36.0 Å². The lowest BCUT2D eigenvalue weighted by Crippen LogP contribution is -2.37. The third-order valence-corrected chi connectivity index (χ3v) is 4.98. The van der Waals surface area contributed by atoms with Crippen molar-refractivity contribution in [3.8, 4) is 0 Å². The summed E-state index contributed by atoms with van der Waals surface area (Å²) in [5.74, 6) is 1.10. The first kappa shape index (κ1) is 14.6. The minimum absolute atomic E-state index is 0.444. The van der Waals surface area contributed by atoms with Crippen LogP contribution in [0.15, 0.2) is 36.0 Å². The number of hydrogen-bond donors (Lipinski definition) is 1. The Labute approximate surface area is 110 Å². The molecular weight excluding hydrogens is 226 g/mol. The standard InChI is InChI=1S/C15H25NS/c1-5-7-14(13(3)6-2)12-17-15(4)8-10-16-11-9-15/h5-7,16H,2,8-12H2,1,3-4H3/b7-5-,14-13+. The van der Waals surface area contributed by atoms with Crippen LogP contribution in [-0.2, 0) is 0 Å². The van der Waals surface area contributed by atoms with Crippen LogP contribution < -0.4 is 5.32 Å². The van der Waals surface area contributed by atoms with Crippen LogP contribution in [0.1, 0.15) is 33.6 Å². The van der Waals surface area contributed by atoms with Gasteiger partial charge in [0.15, 0.2) is 0 Å². The van der Waals surface area contributed by atoms with Crippen LogP contribution in [0.2, 0.25) is 0 Å². The van der Waals surface area contributed by atoms with Gasteiger partial charge in [0.1, 0.15) is 0 Å². The second-order valence-electron chi connectivity index (χ2n) is 4.90. The molecule has 1 N–H and O–H groups in total. The zero-order valence-corrected chi connectivity index (χ0v) is 12.2. The van der Waals surface area contributed by atoms with Crippen molar-refractivity contribution in [2.45, 2.75) is 38.4 Å². The Morgan fingerprint density at radius 3 is 2.59 bits per heavy atom. The van der Waals surface area contributed by atoms with E-state index in [0.29, 0.717) is 4.75 Å². The highest BCUT2D eigenvalue weighted by molar-refractivity contribution is 8.00. The molecule has 1 rings (SSSR count). The van der Waals surface area contributed by atoms with E-state index in [0.717, 1.165) is 18.8 Å². The lowest BCUT2D eigenvalue weighted by atomic mass is 10.00. The first-order chi connectivity index (χ1) is 8.11. The number of allylic oxidation sites excluding steroid dienone is 4. The minimum Gasteiger partial charge on any atom is -0.317 e. The van der Waals surface area contributed by atoms with E-state index < -0.39 is 0 Å². The highest BCUT2D eigenvalue weighted by atomic mass is 32.2. The van der Waals surface area contributed by atoms with E-state index in [9.17, 15) is 0 Å². The molecule has 0 aromatic heterocycles. The molecule has 0 amide bonds. The highest BCUT2D eigenvalue weighted by Gasteiger charge is 2.26. The molecule has 96 valence electrons. The van der Waals surface area contributed by atoms with Gasteiger partial charge < -0.3 is 5.32 Å². The number of thioether (sulfide) groups is 1. The molecule has 0 atom stereocenters. The first-order valence-corrected chi connectivity index (χ1v) is 7.39. The number of piperidine rings is 1. The zero-order valence-electron chi connectivity index (χ0n) is 11.4. The average Bonchev–Trinajstić information content (AvgIpc) is 2.34. The van der Waals surface area contributed by atoms with E-state index in [-0.39, 0.29) is 0 Å². The number of nitrogens with one attached hydrogen (secondary N) is 1. The fourth-order valence-corrected chi connectivity index (χ4v) is 3.30. The van der Waals surface area contributed by atoms with E-state index in [1.807, 2.05) is 6.08 Å². The van der Waals surface area contributed by atoms with Gasteiger partial charge in [-0.15, -0.1) is 0 Å². The minimum atomic E-state index is 0.444. The van der Waals surface area contributed by atoms with Crippen LogP contribution in [-0.4, -0.2) is 23.6 Å². The molecule has 0 saturated carbocycles. The third-order valence-electron chi connectivity index (χ3n) is 3.42. The molecule has 1 fully saturated rings. The maximum absolute atomic E-state index is 3.86. The zero-order chi connectivity index (χ0) is 12.7. The average molecular weight is 251 g/mol. The van der Waals surface area contributed by atoms with E-state index in [4.69, 9.17) is 0 Å². The van der Waals surface area contributed by atoms with Gasteiger partial charge in [-0.3, -0.25) is 0 Å². The van der Waals surface area contributed by atoms with Crippen LogP contribution in [0.25, 0.3) is 0 Å². The Morgan fingerprint density at radius 2 is 2.06 bits per heavy atom. The van der Waals surface area contributed by atoms with Gasteiger partial charge >= 0.3 is 0 Å². The molecule has 1 saturated heterocycles. The van der Waals surface area contributed by atoms with Gasteiger partial charge in [-0.05, 0) is 50.9 Å². The van der Waals surface area contributed by atoms with Crippen molar-refractivity contribution in [1.29, 1.82) is 0 Å². The van der Waals surface area contributed by atoms with E-state index >= 15 is 0 Å². The molecule has 0 aromatic rings. The van der Waals surface area contributed by atoms with Gasteiger partial charge in [0.05, 0.1) is 0 Å². The van der Waals surface area contributed by atoms with Crippen LogP contribution in [0, 0.1) is 0 Å². The van der Waals surface area contributed by atoms with Crippen molar-refractivity contribution >= 4 is 11.8 Å². The highest BCUT2D eigenvalue weighted by Crippen LogP contribution is 2.35. The van der Waals surface area contributed by atoms with Crippen molar-refractivity contribution < 1.29 is 0 Å². The Morgan fingerprint density at radius 1 is 1.41 bits per heavy atom. The summed E-state index contributed by atoms with van der Waals surface area (Å²) in [5, 5.41) is 3.43. The van der Waals surface area contributed by atoms with Crippen molar-refractivity contribution in [1.82, 2.24) is 5.32 Å². The summed E-state index contributed by atoms with van der Waals surface area (Å²) in [6.45, 7) is 12.8. The van der Waals surface area contributed by atoms with Gasteiger partial charge in [0.25, 0.3) is 0 Å². The Kier molecular flexibility index (Phi) is 6.07. The number of hydrogen-bond acceptors (Lipinski definition) is 2. The monoisotopic (exact) mass is 251 g/mol. The lowest BCUT2D eigenvalue weighted by molar-refractivity contribution is 0.439. The summed E-state index contributed by atoms with van der Waals surface area (Å²) in [5.41, 5.74) is 2.71.